The summed E-state index contributed by atoms with van der Waals surface area (Å²) in [7, 11) is 0. The minimum Gasteiger partial charge on any atom is -0.280 e. The highest BCUT2D eigenvalue weighted by Crippen LogP contribution is 2.03. The Morgan fingerprint density at radius 3 is 3.00 bits per heavy atom. The largest absolute Gasteiger partial charge is 0.280 e. The summed E-state index contributed by atoms with van der Waals surface area (Å²) in [6.45, 7) is 0.779. The van der Waals surface area contributed by atoms with E-state index in [2.05, 4.69) is 34.6 Å². The van der Waals surface area contributed by atoms with E-state index < -0.39 is 0 Å². The number of nitrogens with zero attached hydrogens (tertiary/aromatic N) is 2. The molecule has 3 rings (SSSR count). The van der Waals surface area contributed by atoms with Crippen molar-refractivity contribution in [3.8, 4) is 0 Å². The fourth-order valence-electron chi connectivity index (χ4n) is 1.80. The van der Waals surface area contributed by atoms with Gasteiger partial charge in [-0.3, -0.25) is 10.3 Å². The summed E-state index contributed by atoms with van der Waals surface area (Å²) in [5, 5.41) is 6.37. The SMILES string of the molecule is C1=Cc2ccc3c(c2=NC1)=C[N]C=C3. The summed E-state index contributed by atoms with van der Waals surface area (Å²) in [5.74, 6) is 0. The Bertz CT molecular complexity index is 499. The van der Waals surface area contributed by atoms with E-state index >= 15 is 0 Å². The molecule has 1 radical (unpaired) electrons. The maximum atomic E-state index is 4.49. The van der Waals surface area contributed by atoms with E-state index in [-0.39, 0.29) is 0 Å². The zero-order valence-corrected chi connectivity index (χ0v) is 7.64. The summed E-state index contributed by atoms with van der Waals surface area (Å²) < 4.78 is 0. The molecule has 0 N–H and O–H groups in total. The summed E-state index contributed by atoms with van der Waals surface area (Å²) in [5.41, 5.74) is 2.40. The molecule has 0 unspecified atom stereocenters. The van der Waals surface area contributed by atoms with Gasteiger partial charge in [0.25, 0.3) is 0 Å². The van der Waals surface area contributed by atoms with Gasteiger partial charge in [0.2, 0.25) is 0 Å². The van der Waals surface area contributed by atoms with Crippen molar-refractivity contribution in [1.29, 1.82) is 0 Å². The number of rotatable bonds is 0. The van der Waals surface area contributed by atoms with E-state index in [1.165, 1.54) is 11.1 Å². The van der Waals surface area contributed by atoms with Gasteiger partial charge in [-0.05, 0) is 11.6 Å². The Morgan fingerprint density at radius 1 is 1.07 bits per heavy atom. The van der Waals surface area contributed by atoms with Crippen molar-refractivity contribution in [1.82, 2.24) is 5.32 Å². The predicted octanol–water partition coefficient (Wildman–Crippen LogP) is 0.660. The first-order valence-corrected chi connectivity index (χ1v) is 4.66. The Kier molecular flexibility index (Phi) is 1.53. The first-order chi connectivity index (χ1) is 6.95. The van der Waals surface area contributed by atoms with Gasteiger partial charge in [-0.25, -0.2) is 0 Å². The van der Waals surface area contributed by atoms with E-state index in [1.807, 2.05) is 18.5 Å². The molecule has 2 aliphatic rings. The van der Waals surface area contributed by atoms with Crippen LogP contribution in [0.1, 0.15) is 11.1 Å². The minimum atomic E-state index is 0.779. The molecule has 2 aliphatic heterocycles. The van der Waals surface area contributed by atoms with Crippen molar-refractivity contribution in [3.05, 3.63) is 46.1 Å². The molecule has 0 fully saturated rings. The molecule has 2 heterocycles. The normalized spacial score (nSPS) is 16.0. The van der Waals surface area contributed by atoms with Crippen LogP contribution >= 0.6 is 0 Å². The van der Waals surface area contributed by atoms with Crippen LogP contribution in [0, 0.1) is 0 Å². The van der Waals surface area contributed by atoms with Crippen molar-refractivity contribution < 1.29 is 0 Å². The second-order valence-corrected chi connectivity index (χ2v) is 3.34. The van der Waals surface area contributed by atoms with Crippen molar-refractivity contribution in [3.63, 3.8) is 0 Å². The minimum absolute atomic E-state index is 0.779. The number of benzene rings is 1. The topological polar surface area (TPSA) is 26.5 Å². The monoisotopic (exact) mass is 181 g/mol. The molecule has 0 atom stereocenters. The first kappa shape index (κ1) is 7.56. The zero-order chi connectivity index (χ0) is 9.38. The molecule has 0 saturated heterocycles. The highest BCUT2D eigenvalue weighted by atomic mass is 14.8. The van der Waals surface area contributed by atoms with Crippen molar-refractivity contribution in [2.24, 2.45) is 4.99 Å². The van der Waals surface area contributed by atoms with E-state index in [1.54, 1.807) is 0 Å². The van der Waals surface area contributed by atoms with Crippen LogP contribution in [0.25, 0.3) is 18.4 Å². The lowest BCUT2D eigenvalue weighted by atomic mass is 10.0. The van der Waals surface area contributed by atoms with Gasteiger partial charge in [0.1, 0.15) is 0 Å². The third-order valence-electron chi connectivity index (χ3n) is 2.48. The van der Waals surface area contributed by atoms with Crippen LogP contribution in [0.15, 0.2) is 29.4 Å². The molecule has 0 aromatic heterocycles. The van der Waals surface area contributed by atoms with Gasteiger partial charge in [0.15, 0.2) is 0 Å². The standard InChI is InChI=1S/C12H9N2/c1-2-10-4-3-9-5-7-13-8-11(9)12(10)14-6-1/h1-5,7-8H,6H2. The smallest absolute Gasteiger partial charge is 0.0744 e. The lowest BCUT2D eigenvalue weighted by Gasteiger charge is -2.07. The second kappa shape index (κ2) is 2.84. The van der Waals surface area contributed by atoms with Crippen molar-refractivity contribution in [2.45, 2.75) is 0 Å². The maximum Gasteiger partial charge on any atom is 0.0744 e. The van der Waals surface area contributed by atoms with Gasteiger partial charge in [-0.2, -0.15) is 0 Å². The fourth-order valence-corrected chi connectivity index (χ4v) is 1.80. The van der Waals surface area contributed by atoms with E-state index in [9.17, 15) is 0 Å². The molecule has 2 nitrogen and oxygen atoms in total. The van der Waals surface area contributed by atoms with Crippen LogP contribution in [0.3, 0.4) is 0 Å². The summed E-state index contributed by atoms with van der Waals surface area (Å²) >= 11 is 0. The Hall–Kier alpha value is -1.83. The van der Waals surface area contributed by atoms with E-state index in [4.69, 9.17) is 0 Å². The number of fused-ring (bicyclic) bond motifs is 3. The van der Waals surface area contributed by atoms with Gasteiger partial charge in [-0.15, -0.1) is 0 Å². The summed E-state index contributed by atoms with van der Waals surface area (Å²) in [6.07, 6.45) is 9.91. The number of hydrogen-bond donors (Lipinski definition) is 0. The molecule has 0 bridgehead atoms. The van der Waals surface area contributed by atoms with E-state index in [0.29, 0.717) is 0 Å². The van der Waals surface area contributed by atoms with Gasteiger partial charge in [-0.1, -0.05) is 24.3 Å². The van der Waals surface area contributed by atoms with Crippen LogP contribution in [0.5, 0.6) is 0 Å². The Labute approximate surface area is 82.0 Å². The molecule has 67 valence electrons. The molecular formula is C12H9N2. The van der Waals surface area contributed by atoms with Gasteiger partial charge in [0, 0.05) is 23.2 Å². The van der Waals surface area contributed by atoms with Crippen molar-refractivity contribution >= 4 is 18.4 Å². The molecule has 0 saturated carbocycles. The predicted molar refractivity (Wildman–Crippen MR) is 56.8 cm³/mol. The van der Waals surface area contributed by atoms with Crippen LogP contribution in [-0.2, 0) is 0 Å². The molecule has 2 heteroatoms. The second-order valence-electron chi connectivity index (χ2n) is 3.34. The van der Waals surface area contributed by atoms with Gasteiger partial charge < -0.3 is 0 Å². The highest BCUT2D eigenvalue weighted by Gasteiger charge is 2.04. The third-order valence-corrected chi connectivity index (χ3v) is 2.48. The van der Waals surface area contributed by atoms with Crippen LogP contribution in [-0.4, -0.2) is 6.54 Å². The average molecular weight is 181 g/mol. The highest BCUT2D eigenvalue weighted by molar-refractivity contribution is 5.60. The maximum absolute atomic E-state index is 4.49. The molecule has 1 aromatic carbocycles. The molecule has 0 aliphatic carbocycles. The first-order valence-electron chi connectivity index (χ1n) is 4.66. The molecule has 1 aromatic rings. The van der Waals surface area contributed by atoms with E-state index in [0.717, 1.165) is 17.1 Å². The fraction of sp³-hybridized carbons (Fsp3) is 0.0833. The Balaban J connectivity index is 2.46. The molecule has 0 amide bonds. The summed E-state index contributed by atoms with van der Waals surface area (Å²) in [4.78, 5) is 4.49. The van der Waals surface area contributed by atoms with Gasteiger partial charge >= 0.3 is 0 Å². The molecule has 0 spiro atoms. The lowest BCUT2D eigenvalue weighted by molar-refractivity contribution is 1.09. The zero-order valence-electron chi connectivity index (χ0n) is 7.64. The molecule has 14 heavy (non-hydrogen) atoms. The Morgan fingerprint density at radius 2 is 2.00 bits per heavy atom. The van der Waals surface area contributed by atoms with Crippen LogP contribution < -0.4 is 15.9 Å². The quantitative estimate of drug-likeness (QED) is 0.562. The third kappa shape index (κ3) is 1.01. The van der Waals surface area contributed by atoms with Gasteiger partial charge in [0.05, 0.1) is 11.9 Å². The lowest BCUT2D eigenvalue weighted by Crippen LogP contribution is -2.33. The van der Waals surface area contributed by atoms with Crippen LogP contribution in [0.4, 0.5) is 0 Å². The molecular weight excluding hydrogens is 172 g/mol. The van der Waals surface area contributed by atoms with Crippen LogP contribution in [0.2, 0.25) is 0 Å². The van der Waals surface area contributed by atoms with Crippen molar-refractivity contribution in [2.75, 3.05) is 6.54 Å². The average Bonchev–Trinajstić information content (AvgIpc) is 2.29. The number of hydrogen-bond acceptors (Lipinski definition) is 1. The summed E-state index contributed by atoms with van der Waals surface area (Å²) in [6, 6.07) is 4.22.